The van der Waals surface area contributed by atoms with Crippen molar-refractivity contribution in [3.05, 3.63) is 122 Å². The number of allylic oxidation sites excluding steroid dienone is 20. The van der Waals surface area contributed by atoms with Crippen LogP contribution in [-0.4, -0.2) is 37.2 Å². The minimum atomic E-state index is -0.796. The lowest BCUT2D eigenvalue weighted by Crippen LogP contribution is -2.30. The number of esters is 3. The van der Waals surface area contributed by atoms with Crippen LogP contribution in [0.1, 0.15) is 303 Å². The van der Waals surface area contributed by atoms with E-state index in [-0.39, 0.29) is 31.1 Å². The highest BCUT2D eigenvalue weighted by molar-refractivity contribution is 5.71. The van der Waals surface area contributed by atoms with Gasteiger partial charge in [0.25, 0.3) is 0 Å². The van der Waals surface area contributed by atoms with Gasteiger partial charge in [0.1, 0.15) is 13.2 Å². The normalized spacial score (nSPS) is 12.9. The van der Waals surface area contributed by atoms with Crippen molar-refractivity contribution < 1.29 is 28.6 Å². The Morgan fingerprint density at radius 3 is 0.772 bits per heavy atom. The molecule has 0 aliphatic rings. The fourth-order valence-electron chi connectivity index (χ4n) is 9.04. The van der Waals surface area contributed by atoms with Crippen LogP contribution in [0, 0.1) is 0 Å². The van der Waals surface area contributed by atoms with Crippen LogP contribution in [0.5, 0.6) is 0 Å². The molecule has 0 amide bonds. The third kappa shape index (κ3) is 64.5. The summed E-state index contributed by atoms with van der Waals surface area (Å²) in [6.45, 7) is 6.41. The van der Waals surface area contributed by atoms with Gasteiger partial charge in [-0.1, -0.05) is 277 Å². The van der Waals surface area contributed by atoms with Crippen molar-refractivity contribution >= 4 is 17.9 Å². The molecule has 450 valence electrons. The first kappa shape index (κ1) is 74.8. The highest BCUT2D eigenvalue weighted by Crippen LogP contribution is 2.16. The molecule has 0 aromatic rings. The second kappa shape index (κ2) is 66.3. The van der Waals surface area contributed by atoms with E-state index in [9.17, 15) is 14.4 Å². The van der Waals surface area contributed by atoms with Gasteiger partial charge in [0.05, 0.1) is 0 Å². The second-order valence-electron chi connectivity index (χ2n) is 21.6. The van der Waals surface area contributed by atoms with Crippen molar-refractivity contribution in [2.45, 2.75) is 309 Å². The summed E-state index contributed by atoms with van der Waals surface area (Å²) in [5, 5.41) is 0. The van der Waals surface area contributed by atoms with Crippen LogP contribution in [0.15, 0.2) is 122 Å². The van der Waals surface area contributed by atoms with Crippen molar-refractivity contribution in [2.24, 2.45) is 0 Å². The molecule has 0 fully saturated rings. The van der Waals surface area contributed by atoms with E-state index in [0.717, 1.165) is 135 Å². The van der Waals surface area contributed by atoms with E-state index in [1.165, 1.54) is 128 Å². The maximum atomic E-state index is 12.9. The van der Waals surface area contributed by atoms with Gasteiger partial charge in [-0.25, -0.2) is 0 Å². The lowest BCUT2D eigenvalue weighted by molar-refractivity contribution is -0.167. The number of hydrogen-bond acceptors (Lipinski definition) is 6. The van der Waals surface area contributed by atoms with Gasteiger partial charge >= 0.3 is 17.9 Å². The fraction of sp³-hybridized carbons (Fsp3) is 0.685. The first-order valence-corrected chi connectivity index (χ1v) is 33.0. The topological polar surface area (TPSA) is 78.9 Å². The third-order valence-corrected chi connectivity index (χ3v) is 13.9. The predicted octanol–water partition coefficient (Wildman–Crippen LogP) is 22.8. The summed E-state index contributed by atoms with van der Waals surface area (Å²) in [6.07, 6.45) is 92.0. The van der Waals surface area contributed by atoms with Crippen molar-refractivity contribution in [1.82, 2.24) is 0 Å². The van der Waals surface area contributed by atoms with E-state index in [1.54, 1.807) is 0 Å². The molecule has 1 atom stereocenters. The Labute approximate surface area is 488 Å². The lowest BCUT2D eigenvalue weighted by Gasteiger charge is -2.18. The molecule has 0 radical (unpaired) electrons. The van der Waals surface area contributed by atoms with Crippen molar-refractivity contribution in [2.75, 3.05) is 13.2 Å². The van der Waals surface area contributed by atoms with Gasteiger partial charge in [0, 0.05) is 19.3 Å². The molecule has 0 aromatic heterocycles. The standard InChI is InChI=1S/C73H122O6/c1-4-7-10-13-16-19-22-25-28-31-33-35-36-38-39-42-45-48-51-54-57-60-63-66-72(75)78-69-70(68-77-71(74)65-62-59-56-53-50-47-44-41-30-27-24-21-18-15-12-9-6-3)79-73(76)67-64-61-58-55-52-49-46-43-40-37-34-32-29-26-23-20-17-14-11-8-5-2/h8-9,11-12,17-18,20-22,25-27,29-31,33-34,36-38,70H,4-7,10,13-16,19,23-24,28,32,35,39-69H2,1-3H3/b11-8-,12-9-,20-17-,21-18-,25-22-,29-26-,30-27-,33-31-,37-34-,38-36-. The maximum absolute atomic E-state index is 12.9. The predicted molar refractivity (Wildman–Crippen MR) is 343 cm³/mol. The van der Waals surface area contributed by atoms with Crippen LogP contribution in [0.25, 0.3) is 0 Å². The summed E-state index contributed by atoms with van der Waals surface area (Å²) in [6, 6.07) is 0. The molecular formula is C73H122O6. The largest absolute Gasteiger partial charge is 0.462 e. The van der Waals surface area contributed by atoms with Gasteiger partial charge in [-0.3, -0.25) is 14.4 Å². The number of unbranched alkanes of at least 4 members (excludes halogenated alkanes) is 28. The van der Waals surface area contributed by atoms with E-state index in [2.05, 4.69) is 142 Å². The van der Waals surface area contributed by atoms with Gasteiger partial charge in [0.15, 0.2) is 6.10 Å². The molecule has 1 unspecified atom stereocenters. The molecule has 79 heavy (non-hydrogen) atoms. The van der Waals surface area contributed by atoms with E-state index in [4.69, 9.17) is 14.2 Å². The van der Waals surface area contributed by atoms with Crippen molar-refractivity contribution in [1.29, 1.82) is 0 Å². The molecule has 0 heterocycles. The number of carbonyl (C=O) groups is 3. The molecule has 0 aliphatic carbocycles. The zero-order valence-corrected chi connectivity index (χ0v) is 51.6. The van der Waals surface area contributed by atoms with Gasteiger partial charge in [0.2, 0.25) is 0 Å². The summed E-state index contributed by atoms with van der Waals surface area (Å²) in [5.74, 6) is -0.908. The molecule has 0 aromatic carbocycles. The first-order chi connectivity index (χ1) is 39.0. The minimum Gasteiger partial charge on any atom is -0.462 e. The Morgan fingerprint density at radius 2 is 0.494 bits per heavy atom. The van der Waals surface area contributed by atoms with E-state index in [0.29, 0.717) is 19.3 Å². The molecule has 0 rings (SSSR count). The zero-order chi connectivity index (χ0) is 57.1. The SMILES string of the molecule is CC/C=C\C/C=C\C/C=C\C/C=C\CCCCCCCCCCC(=O)OC(COC(=O)CCCCCCCCC/C=C\C/C=C\C/C=C\CC)COC(=O)CCCCCCCCCC/C=C\C/C=C\C/C=C\CCCCCCC. The van der Waals surface area contributed by atoms with Crippen LogP contribution >= 0.6 is 0 Å². The summed E-state index contributed by atoms with van der Waals surface area (Å²) in [5.41, 5.74) is 0. The summed E-state index contributed by atoms with van der Waals surface area (Å²) >= 11 is 0. The smallest absolute Gasteiger partial charge is 0.306 e. The van der Waals surface area contributed by atoms with E-state index in [1.807, 2.05) is 0 Å². The summed E-state index contributed by atoms with van der Waals surface area (Å²) in [7, 11) is 0. The van der Waals surface area contributed by atoms with E-state index < -0.39 is 6.10 Å². The Bertz CT molecular complexity index is 1640. The van der Waals surface area contributed by atoms with Crippen LogP contribution in [-0.2, 0) is 28.6 Å². The molecule has 0 saturated heterocycles. The maximum Gasteiger partial charge on any atom is 0.306 e. The third-order valence-electron chi connectivity index (χ3n) is 13.9. The van der Waals surface area contributed by atoms with Gasteiger partial charge in [-0.2, -0.15) is 0 Å². The Morgan fingerprint density at radius 1 is 0.266 bits per heavy atom. The molecular weight excluding hydrogens is 973 g/mol. The number of carbonyl (C=O) groups excluding carboxylic acids is 3. The van der Waals surface area contributed by atoms with Crippen LogP contribution < -0.4 is 0 Å². The number of rotatable bonds is 59. The highest BCUT2D eigenvalue weighted by atomic mass is 16.6. The highest BCUT2D eigenvalue weighted by Gasteiger charge is 2.19. The number of hydrogen-bond donors (Lipinski definition) is 0. The molecule has 0 aliphatic heterocycles. The Kier molecular flexibility index (Phi) is 62.8. The van der Waals surface area contributed by atoms with Crippen molar-refractivity contribution in [3.8, 4) is 0 Å². The minimum absolute atomic E-state index is 0.0905. The average Bonchev–Trinajstić information content (AvgIpc) is 3.45. The summed E-state index contributed by atoms with van der Waals surface area (Å²) in [4.78, 5) is 38.4. The lowest BCUT2D eigenvalue weighted by atomic mass is 10.1. The Balaban J connectivity index is 4.43. The average molecular weight is 1100 g/mol. The molecule has 0 N–H and O–H groups in total. The molecule has 0 bridgehead atoms. The fourth-order valence-corrected chi connectivity index (χ4v) is 9.04. The molecule has 6 nitrogen and oxygen atoms in total. The monoisotopic (exact) mass is 1090 g/mol. The molecule has 0 saturated carbocycles. The van der Waals surface area contributed by atoms with Gasteiger partial charge < -0.3 is 14.2 Å². The quantitative estimate of drug-likeness (QED) is 0.0261. The van der Waals surface area contributed by atoms with Crippen LogP contribution in [0.4, 0.5) is 0 Å². The number of ether oxygens (including phenoxy) is 3. The van der Waals surface area contributed by atoms with Crippen LogP contribution in [0.3, 0.4) is 0 Å². The van der Waals surface area contributed by atoms with Gasteiger partial charge in [-0.15, -0.1) is 0 Å². The zero-order valence-electron chi connectivity index (χ0n) is 51.6. The second-order valence-corrected chi connectivity index (χ2v) is 21.6. The van der Waals surface area contributed by atoms with Crippen molar-refractivity contribution in [3.63, 3.8) is 0 Å². The Hall–Kier alpha value is -4.19. The summed E-state index contributed by atoms with van der Waals surface area (Å²) < 4.78 is 17.0. The van der Waals surface area contributed by atoms with Gasteiger partial charge in [-0.05, 0) is 128 Å². The molecule has 6 heteroatoms. The van der Waals surface area contributed by atoms with E-state index >= 15 is 0 Å². The molecule has 0 spiro atoms. The van der Waals surface area contributed by atoms with Crippen LogP contribution in [0.2, 0.25) is 0 Å². The first-order valence-electron chi connectivity index (χ1n) is 33.0.